The van der Waals surface area contributed by atoms with Crippen LogP contribution in [0, 0.1) is 0 Å². The van der Waals surface area contributed by atoms with Gasteiger partial charge in [0.1, 0.15) is 6.04 Å². The zero-order valence-electron chi connectivity index (χ0n) is 8.92. The Balaban J connectivity index is 4.03. The molecule has 0 heterocycles. The van der Waals surface area contributed by atoms with Gasteiger partial charge in [-0.05, 0) is 0 Å². The SMILES string of the molecule is NC(CS)C(=O)NCC(=O)NC(CS)C(=O)O. The first-order chi connectivity index (χ1) is 7.92. The van der Waals surface area contributed by atoms with E-state index in [1.54, 1.807) is 0 Å². The molecule has 17 heavy (non-hydrogen) atoms. The smallest absolute Gasteiger partial charge is 0.327 e. The van der Waals surface area contributed by atoms with Gasteiger partial charge in [-0.1, -0.05) is 0 Å². The summed E-state index contributed by atoms with van der Waals surface area (Å²) >= 11 is 7.60. The highest BCUT2D eigenvalue weighted by atomic mass is 32.1. The Morgan fingerprint density at radius 1 is 1.24 bits per heavy atom. The van der Waals surface area contributed by atoms with Gasteiger partial charge in [-0.15, -0.1) is 0 Å². The molecule has 0 saturated heterocycles. The van der Waals surface area contributed by atoms with Gasteiger partial charge in [-0.2, -0.15) is 25.3 Å². The van der Waals surface area contributed by atoms with Crippen LogP contribution in [0.2, 0.25) is 0 Å². The summed E-state index contributed by atoms with van der Waals surface area (Å²) in [5, 5.41) is 13.1. The van der Waals surface area contributed by atoms with E-state index in [1.807, 2.05) is 0 Å². The van der Waals surface area contributed by atoms with Crippen molar-refractivity contribution < 1.29 is 19.5 Å². The fraction of sp³-hybridized carbons (Fsp3) is 0.625. The molecule has 98 valence electrons. The normalized spacial score (nSPS) is 13.6. The molecule has 5 N–H and O–H groups in total. The second-order valence-corrected chi connectivity index (χ2v) is 3.88. The lowest BCUT2D eigenvalue weighted by molar-refractivity contribution is -0.141. The van der Waals surface area contributed by atoms with Crippen LogP contribution >= 0.6 is 25.3 Å². The molecule has 0 rings (SSSR count). The van der Waals surface area contributed by atoms with Gasteiger partial charge in [0.05, 0.1) is 12.6 Å². The van der Waals surface area contributed by atoms with Crippen LogP contribution in [0.15, 0.2) is 0 Å². The van der Waals surface area contributed by atoms with E-state index in [-0.39, 0.29) is 18.1 Å². The standard InChI is InChI=1S/C8H15N3O4S2/c9-4(2-16)7(13)10-1-6(12)11-5(3-17)8(14)15/h4-5,16-17H,1-3,9H2,(H,10,13)(H,11,12)(H,14,15). The van der Waals surface area contributed by atoms with Crippen LogP contribution in [0.4, 0.5) is 0 Å². The fourth-order valence-electron chi connectivity index (χ4n) is 0.812. The Kier molecular flexibility index (Phi) is 7.75. The van der Waals surface area contributed by atoms with Crippen LogP contribution in [0.25, 0.3) is 0 Å². The molecule has 0 spiro atoms. The lowest BCUT2D eigenvalue weighted by Gasteiger charge is -2.13. The van der Waals surface area contributed by atoms with Crippen LogP contribution in [0.3, 0.4) is 0 Å². The number of rotatable bonds is 7. The Morgan fingerprint density at radius 2 is 1.82 bits per heavy atom. The van der Waals surface area contributed by atoms with Crippen molar-refractivity contribution in [2.75, 3.05) is 18.1 Å². The third-order valence-corrected chi connectivity index (χ3v) is 2.53. The van der Waals surface area contributed by atoms with Gasteiger partial charge in [0.15, 0.2) is 0 Å². The monoisotopic (exact) mass is 281 g/mol. The van der Waals surface area contributed by atoms with Crippen LogP contribution in [-0.4, -0.2) is 53.0 Å². The number of carboxylic acids is 1. The first kappa shape index (κ1) is 16.1. The molecule has 0 radical (unpaired) electrons. The Hall–Kier alpha value is -0.930. The molecule has 7 nitrogen and oxygen atoms in total. The third kappa shape index (κ3) is 6.39. The van der Waals surface area contributed by atoms with Gasteiger partial charge in [0.25, 0.3) is 0 Å². The number of thiol groups is 2. The lowest BCUT2D eigenvalue weighted by Crippen LogP contribution is -2.49. The molecular weight excluding hydrogens is 266 g/mol. The summed E-state index contributed by atoms with van der Waals surface area (Å²) in [7, 11) is 0. The van der Waals surface area contributed by atoms with E-state index in [2.05, 4.69) is 35.9 Å². The van der Waals surface area contributed by atoms with Crippen molar-refractivity contribution in [2.45, 2.75) is 12.1 Å². The molecule has 0 aliphatic carbocycles. The van der Waals surface area contributed by atoms with E-state index < -0.39 is 29.9 Å². The van der Waals surface area contributed by atoms with E-state index in [9.17, 15) is 14.4 Å². The molecule has 0 aliphatic heterocycles. The fourth-order valence-corrected chi connectivity index (χ4v) is 1.23. The minimum atomic E-state index is -1.19. The summed E-state index contributed by atoms with van der Waals surface area (Å²) in [6.45, 7) is -0.335. The molecule has 0 fully saturated rings. The van der Waals surface area contributed by atoms with Crippen molar-refractivity contribution in [3.05, 3.63) is 0 Å². The summed E-state index contributed by atoms with van der Waals surface area (Å²) in [5.74, 6) is -2.21. The molecule has 0 aromatic carbocycles. The number of carbonyl (C=O) groups excluding carboxylic acids is 2. The highest BCUT2D eigenvalue weighted by Gasteiger charge is 2.19. The predicted octanol–water partition coefficient (Wildman–Crippen LogP) is -2.14. The number of nitrogens with one attached hydrogen (secondary N) is 2. The summed E-state index contributed by atoms with van der Waals surface area (Å²) in [4.78, 5) is 33.0. The van der Waals surface area contributed by atoms with Crippen molar-refractivity contribution in [2.24, 2.45) is 5.73 Å². The highest BCUT2D eigenvalue weighted by molar-refractivity contribution is 7.80. The minimum absolute atomic E-state index is 0.0365. The summed E-state index contributed by atoms with van der Waals surface area (Å²) < 4.78 is 0. The molecule has 9 heteroatoms. The van der Waals surface area contributed by atoms with E-state index in [1.165, 1.54) is 0 Å². The molecular formula is C8H15N3O4S2. The summed E-state index contributed by atoms with van der Waals surface area (Å²) in [6.07, 6.45) is 0. The molecule has 2 amide bonds. The number of nitrogens with two attached hydrogens (primary N) is 1. The molecule has 0 aromatic rings. The van der Waals surface area contributed by atoms with Gasteiger partial charge >= 0.3 is 5.97 Å². The maximum absolute atomic E-state index is 11.2. The van der Waals surface area contributed by atoms with E-state index in [0.717, 1.165) is 0 Å². The van der Waals surface area contributed by atoms with Crippen LogP contribution in [0.1, 0.15) is 0 Å². The zero-order valence-corrected chi connectivity index (χ0v) is 10.7. The molecule has 0 aliphatic rings. The lowest BCUT2D eigenvalue weighted by atomic mass is 10.3. The molecule has 0 saturated carbocycles. The Morgan fingerprint density at radius 3 is 2.24 bits per heavy atom. The van der Waals surface area contributed by atoms with Crippen molar-refractivity contribution in [3.63, 3.8) is 0 Å². The average molecular weight is 281 g/mol. The predicted molar refractivity (Wildman–Crippen MR) is 68.3 cm³/mol. The van der Waals surface area contributed by atoms with Crippen LogP contribution in [0.5, 0.6) is 0 Å². The minimum Gasteiger partial charge on any atom is -0.480 e. The topological polar surface area (TPSA) is 122 Å². The number of carboxylic acid groups (broad SMARTS) is 1. The number of amides is 2. The Labute approximate surface area is 109 Å². The number of hydrogen-bond donors (Lipinski definition) is 6. The molecule has 2 atom stereocenters. The first-order valence-corrected chi connectivity index (χ1v) is 5.96. The van der Waals surface area contributed by atoms with Gasteiger partial charge in [0.2, 0.25) is 11.8 Å². The summed E-state index contributed by atoms with van der Waals surface area (Å²) in [5.41, 5.74) is 5.35. The zero-order chi connectivity index (χ0) is 13.4. The first-order valence-electron chi connectivity index (χ1n) is 4.69. The maximum atomic E-state index is 11.2. The number of aliphatic carboxylic acids is 1. The molecule has 2 unspecified atom stereocenters. The van der Waals surface area contributed by atoms with Gasteiger partial charge < -0.3 is 21.5 Å². The average Bonchev–Trinajstić information content (AvgIpc) is 2.31. The van der Waals surface area contributed by atoms with E-state index in [0.29, 0.717) is 0 Å². The van der Waals surface area contributed by atoms with Crippen molar-refractivity contribution >= 4 is 43.0 Å². The highest BCUT2D eigenvalue weighted by Crippen LogP contribution is 1.88. The Bertz CT molecular complexity index is 300. The molecule has 0 bridgehead atoms. The van der Waals surface area contributed by atoms with Gasteiger partial charge in [-0.25, -0.2) is 4.79 Å². The van der Waals surface area contributed by atoms with Crippen molar-refractivity contribution in [1.29, 1.82) is 0 Å². The van der Waals surface area contributed by atoms with Crippen LogP contribution in [-0.2, 0) is 14.4 Å². The summed E-state index contributed by atoms with van der Waals surface area (Å²) in [6, 6.07) is -1.88. The van der Waals surface area contributed by atoms with Crippen LogP contribution < -0.4 is 16.4 Å². The quantitative estimate of drug-likeness (QED) is 0.297. The number of carbonyl (C=O) groups is 3. The second kappa shape index (κ2) is 8.20. The maximum Gasteiger partial charge on any atom is 0.327 e. The van der Waals surface area contributed by atoms with Gasteiger partial charge in [0, 0.05) is 11.5 Å². The van der Waals surface area contributed by atoms with E-state index in [4.69, 9.17) is 10.8 Å². The number of hydrogen-bond acceptors (Lipinski definition) is 6. The van der Waals surface area contributed by atoms with Gasteiger partial charge in [-0.3, -0.25) is 9.59 Å². The van der Waals surface area contributed by atoms with Crippen molar-refractivity contribution in [3.8, 4) is 0 Å². The van der Waals surface area contributed by atoms with E-state index >= 15 is 0 Å². The third-order valence-electron chi connectivity index (χ3n) is 1.77. The molecule has 0 aromatic heterocycles. The largest absolute Gasteiger partial charge is 0.480 e. The van der Waals surface area contributed by atoms with Crippen molar-refractivity contribution in [1.82, 2.24) is 10.6 Å². The second-order valence-electron chi connectivity index (χ2n) is 3.15.